The SMILES string of the molecule is CCOC(=O)OC1CCN(C2CCN(C(=O)[C@@H](Cc3cc(C)c(OCc4ccccc4)c(C)c3)OC(=O)N3CCC(N4CCc5ccccc5NC4=O)CC3)CC2)CC1. The van der Waals surface area contributed by atoms with Crippen molar-refractivity contribution >= 4 is 29.9 Å². The van der Waals surface area contributed by atoms with E-state index in [9.17, 15) is 19.2 Å². The van der Waals surface area contributed by atoms with Crippen molar-refractivity contribution in [3.8, 4) is 5.75 Å². The van der Waals surface area contributed by atoms with Gasteiger partial charge in [-0.2, -0.15) is 0 Å². The molecule has 13 nitrogen and oxygen atoms in total. The summed E-state index contributed by atoms with van der Waals surface area (Å²) in [5, 5.41) is 3.06. The molecule has 1 atom stereocenters. The van der Waals surface area contributed by atoms with Crippen LogP contribution in [0.2, 0.25) is 0 Å². The summed E-state index contributed by atoms with van der Waals surface area (Å²) >= 11 is 0. The number of anilines is 1. The first kappa shape index (κ1) is 41.8. The van der Waals surface area contributed by atoms with Gasteiger partial charge in [-0.1, -0.05) is 60.7 Å². The summed E-state index contributed by atoms with van der Waals surface area (Å²) < 4.78 is 22.9. The van der Waals surface area contributed by atoms with Crippen LogP contribution in [0.4, 0.5) is 20.1 Å². The Balaban J connectivity index is 0.982. The van der Waals surface area contributed by atoms with Crippen LogP contribution in [0.25, 0.3) is 0 Å². The van der Waals surface area contributed by atoms with Crippen LogP contribution in [0.1, 0.15) is 73.3 Å². The predicted octanol–water partition coefficient (Wildman–Crippen LogP) is 7.11. The fourth-order valence-electron chi connectivity index (χ4n) is 9.10. The maximum Gasteiger partial charge on any atom is 0.508 e. The van der Waals surface area contributed by atoms with Crippen molar-refractivity contribution in [2.75, 3.05) is 57.7 Å². The number of benzene rings is 3. The van der Waals surface area contributed by atoms with E-state index in [1.54, 1.807) is 11.8 Å². The number of hydrogen-bond acceptors (Lipinski definition) is 9. The van der Waals surface area contributed by atoms with E-state index in [1.165, 1.54) is 0 Å². The molecule has 0 unspecified atom stereocenters. The van der Waals surface area contributed by atoms with E-state index in [0.717, 1.165) is 84.4 Å². The number of amides is 4. The molecule has 4 amide bonds. The third-order valence-corrected chi connectivity index (χ3v) is 12.3. The zero-order chi connectivity index (χ0) is 41.3. The lowest BCUT2D eigenvalue weighted by atomic mass is 9.97. The minimum absolute atomic E-state index is 0.00320. The highest BCUT2D eigenvalue weighted by molar-refractivity contribution is 5.91. The van der Waals surface area contributed by atoms with Crippen molar-refractivity contribution in [3.05, 3.63) is 94.5 Å². The van der Waals surface area contributed by atoms with Crippen LogP contribution in [0.5, 0.6) is 5.75 Å². The molecule has 4 aliphatic heterocycles. The Morgan fingerprint density at radius 3 is 2.10 bits per heavy atom. The van der Waals surface area contributed by atoms with Crippen molar-refractivity contribution in [2.45, 2.75) is 103 Å². The second-order valence-corrected chi connectivity index (χ2v) is 16.3. The van der Waals surface area contributed by atoms with Gasteiger partial charge in [-0.3, -0.25) is 9.69 Å². The highest BCUT2D eigenvalue weighted by Gasteiger charge is 2.37. The Labute approximate surface area is 347 Å². The minimum Gasteiger partial charge on any atom is -0.488 e. The summed E-state index contributed by atoms with van der Waals surface area (Å²) in [6.45, 7) is 10.7. The maximum atomic E-state index is 14.4. The third-order valence-electron chi connectivity index (χ3n) is 12.3. The van der Waals surface area contributed by atoms with Crippen molar-refractivity contribution < 1.29 is 38.1 Å². The van der Waals surface area contributed by atoms with Gasteiger partial charge in [0.05, 0.1) is 6.61 Å². The van der Waals surface area contributed by atoms with Crippen LogP contribution in [0.3, 0.4) is 0 Å². The quantitative estimate of drug-likeness (QED) is 0.202. The number of urea groups is 1. The summed E-state index contributed by atoms with van der Waals surface area (Å²) in [6.07, 6.45) is 3.12. The van der Waals surface area contributed by atoms with E-state index in [2.05, 4.69) is 10.2 Å². The number of aryl methyl sites for hydroxylation is 2. The topological polar surface area (TPSA) is 130 Å². The van der Waals surface area contributed by atoms with Gasteiger partial charge in [-0.25, -0.2) is 14.4 Å². The lowest BCUT2D eigenvalue weighted by Crippen LogP contribution is -2.53. The second kappa shape index (κ2) is 19.6. The molecule has 1 N–H and O–H groups in total. The Bertz CT molecular complexity index is 1900. The van der Waals surface area contributed by atoms with Gasteiger partial charge in [0.1, 0.15) is 18.5 Å². The lowest BCUT2D eigenvalue weighted by molar-refractivity contribution is -0.142. The van der Waals surface area contributed by atoms with Gasteiger partial charge >= 0.3 is 18.3 Å². The van der Waals surface area contributed by atoms with E-state index in [4.69, 9.17) is 18.9 Å². The van der Waals surface area contributed by atoms with E-state index in [-0.39, 0.29) is 30.5 Å². The second-order valence-electron chi connectivity index (χ2n) is 16.3. The first-order valence-corrected chi connectivity index (χ1v) is 21.4. The number of para-hydroxylation sites is 1. The zero-order valence-corrected chi connectivity index (χ0v) is 34.7. The molecule has 0 aliphatic carbocycles. The molecular formula is C46H59N5O8. The molecule has 0 radical (unpaired) electrons. The maximum absolute atomic E-state index is 14.4. The van der Waals surface area contributed by atoms with Gasteiger partial charge in [0.15, 0.2) is 6.10 Å². The molecule has 3 fully saturated rings. The highest BCUT2D eigenvalue weighted by Crippen LogP contribution is 2.29. The molecule has 4 heterocycles. The summed E-state index contributed by atoms with van der Waals surface area (Å²) in [6, 6.07) is 22.2. The van der Waals surface area contributed by atoms with Gasteiger partial charge in [0.2, 0.25) is 0 Å². The van der Waals surface area contributed by atoms with Gasteiger partial charge in [-0.05, 0) is 99.6 Å². The first-order chi connectivity index (χ1) is 28.6. The van der Waals surface area contributed by atoms with Crippen LogP contribution >= 0.6 is 0 Å². The van der Waals surface area contributed by atoms with Crippen molar-refractivity contribution in [2.24, 2.45) is 0 Å². The van der Waals surface area contributed by atoms with Gasteiger partial charge < -0.3 is 39.0 Å². The number of nitrogens with zero attached hydrogens (tertiary/aromatic N) is 4. The summed E-state index contributed by atoms with van der Waals surface area (Å²) in [7, 11) is 0. The van der Waals surface area contributed by atoms with Crippen LogP contribution < -0.4 is 10.1 Å². The van der Waals surface area contributed by atoms with E-state index in [0.29, 0.717) is 64.8 Å². The monoisotopic (exact) mass is 809 g/mol. The Hall–Kier alpha value is -5.30. The number of likely N-dealkylation sites (tertiary alicyclic amines) is 3. The summed E-state index contributed by atoms with van der Waals surface area (Å²) in [5.74, 6) is 0.620. The summed E-state index contributed by atoms with van der Waals surface area (Å²) in [5.41, 5.74) is 5.85. The highest BCUT2D eigenvalue weighted by atomic mass is 16.7. The molecule has 4 aliphatic rings. The molecule has 3 saturated heterocycles. The third kappa shape index (κ3) is 10.7. The molecule has 0 spiro atoms. The van der Waals surface area contributed by atoms with Crippen molar-refractivity contribution in [1.29, 1.82) is 0 Å². The molecule has 13 heteroatoms. The Kier molecular flexibility index (Phi) is 13.9. The fraction of sp³-hybridized carbons (Fsp3) is 0.522. The van der Waals surface area contributed by atoms with Crippen molar-refractivity contribution in [1.82, 2.24) is 19.6 Å². The summed E-state index contributed by atoms with van der Waals surface area (Å²) in [4.78, 5) is 61.2. The van der Waals surface area contributed by atoms with E-state index in [1.807, 2.05) is 90.4 Å². The van der Waals surface area contributed by atoms with Gasteiger partial charge in [0, 0.05) is 70.0 Å². The number of carbonyl (C=O) groups excluding carboxylic acids is 4. The first-order valence-electron chi connectivity index (χ1n) is 21.4. The number of carbonyl (C=O) groups is 4. The number of ether oxygens (including phenoxy) is 4. The number of fused-ring (bicyclic) bond motifs is 1. The normalized spacial score (nSPS) is 19.0. The van der Waals surface area contributed by atoms with Crippen LogP contribution in [0, 0.1) is 13.8 Å². The number of hydrogen-bond donors (Lipinski definition) is 1. The molecule has 0 aromatic heterocycles. The van der Waals surface area contributed by atoms with Gasteiger partial charge in [-0.15, -0.1) is 0 Å². The standard InChI is InChI=1S/C46H59N5O8/c1-4-56-46(55)58-39-19-25-48(26-20-39)37-15-21-49(22-16-37)43(52)41(30-35-28-32(2)42(33(3)29-35)57-31-34-10-6-5-7-11-34)59-45(54)50-23-17-38(18-24-50)51-27-14-36-12-8-9-13-40(36)47-44(51)53/h5-13,28-29,37-39,41H,4,14-27,30-31H2,1-3H3,(H,47,53)/t41-/m1/s1. The van der Waals surface area contributed by atoms with Crippen molar-refractivity contribution in [3.63, 3.8) is 0 Å². The van der Waals surface area contributed by atoms with Crippen LogP contribution in [0.15, 0.2) is 66.7 Å². The zero-order valence-electron chi connectivity index (χ0n) is 34.7. The number of piperidine rings is 3. The predicted molar refractivity (Wildman–Crippen MR) is 223 cm³/mol. The molecule has 59 heavy (non-hydrogen) atoms. The average molecular weight is 810 g/mol. The Morgan fingerprint density at radius 2 is 1.41 bits per heavy atom. The molecule has 3 aromatic rings. The molecule has 3 aromatic carbocycles. The molecule has 7 rings (SSSR count). The largest absolute Gasteiger partial charge is 0.508 e. The van der Waals surface area contributed by atoms with Crippen LogP contribution in [-0.4, -0.2) is 120 Å². The minimum atomic E-state index is -1.00. The van der Waals surface area contributed by atoms with E-state index < -0.39 is 18.4 Å². The molecule has 0 bridgehead atoms. The Morgan fingerprint density at radius 1 is 0.763 bits per heavy atom. The average Bonchev–Trinajstić information content (AvgIpc) is 3.41. The number of rotatable bonds is 11. The van der Waals surface area contributed by atoms with Gasteiger partial charge in [0.25, 0.3) is 5.91 Å². The van der Waals surface area contributed by atoms with E-state index >= 15 is 0 Å². The fourth-order valence-corrected chi connectivity index (χ4v) is 9.10. The molecule has 316 valence electrons. The number of nitrogens with one attached hydrogen (secondary N) is 1. The molecular weight excluding hydrogens is 751 g/mol. The smallest absolute Gasteiger partial charge is 0.488 e. The lowest BCUT2D eigenvalue weighted by Gasteiger charge is -2.42. The van der Waals surface area contributed by atoms with Crippen LogP contribution in [-0.2, 0) is 38.5 Å². The molecule has 0 saturated carbocycles.